The Morgan fingerprint density at radius 1 is 1.19 bits per heavy atom. The fourth-order valence-corrected chi connectivity index (χ4v) is 4.65. The Labute approximate surface area is 174 Å². The highest BCUT2D eigenvalue weighted by Gasteiger charge is 2.36. The monoisotopic (exact) mass is 440 g/mol. The van der Waals surface area contributed by atoms with Crippen molar-refractivity contribution in [2.75, 3.05) is 25.4 Å². The maximum absolute atomic E-state index is 11.7. The quantitative estimate of drug-likeness (QED) is 0.358. The summed E-state index contributed by atoms with van der Waals surface area (Å²) in [5, 5.41) is 3.09. The summed E-state index contributed by atoms with van der Waals surface area (Å²) in [7, 11) is 0. The molecule has 3 N–H and O–H groups in total. The van der Waals surface area contributed by atoms with Gasteiger partial charge in [-0.1, -0.05) is 26.3 Å². The van der Waals surface area contributed by atoms with E-state index < -0.39 is 0 Å². The SMILES string of the molecule is CCCC(C)[N+](CC)(CCNC(=O)CC)C(C)CCc1ccc(N)c(Br)c1. The third-order valence-electron chi connectivity index (χ3n) is 6.14. The van der Waals surface area contributed by atoms with Crippen LogP contribution in [-0.2, 0) is 11.2 Å². The molecule has 154 valence electrons. The molecule has 1 amide bonds. The first kappa shape index (κ1) is 24.0. The van der Waals surface area contributed by atoms with Crippen LogP contribution in [0.2, 0.25) is 0 Å². The lowest BCUT2D eigenvalue weighted by Crippen LogP contribution is -2.62. The standard InChI is InChI=1S/C22H38BrN3O/c1-6-9-17(4)26(8-3,15-14-25-22(27)7-2)18(5)10-11-19-12-13-21(24)20(23)16-19/h12-13,16-18H,6-11,14-15,24H2,1-5H3/p+1. The Balaban J connectivity index is 2.87. The summed E-state index contributed by atoms with van der Waals surface area (Å²) in [5.41, 5.74) is 8.02. The topological polar surface area (TPSA) is 55.1 Å². The van der Waals surface area contributed by atoms with Gasteiger partial charge in [-0.2, -0.15) is 0 Å². The van der Waals surface area contributed by atoms with E-state index in [2.05, 4.69) is 61.1 Å². The van der Waals surface area contributed by atoms with Gasteiger partial charge in [-0.05, 0) is 67.2 Å². The number of hydrogen-bond donors (Lipinski definition) is 2. The van der Waals surface area contributed by atoms with Gasteiger partial charge < -0.3 is 15.5 Å². The number of likely N-dealkylation sites (N-methyl/N-ethyl adjacent to an activating group) is 1. The van der Waals surface area contributed by atoms with Crippen LogP contribution in [0.3, 0.4) is 0 Å². The summed E-state index contributed by atoms with van der Waals surface area (Å²) in [6, 6.07) is 7.37. The number of carbonyl (C=O) groups excluding carboxylic acids is 1. The smallest absolute Gasteiger partial charge is 0.219 e. The molecule has 0 bridgehead atoms. The predicted molar refractivity (Wildman–Crippen MR) is 120 cm³/mol. The molecular formula is C22H39BrN3O+. The van der Waals surface area contributed by atoms with E-state index in [1.165, 1.54) is 18.4 Å². The number of hydrogen-bond acceptors (Lipinski definition) is 2. The van der Waals surface area contributed by atoms with Crippen LogP contribution in [0.4, 0.5) is 5.69 Å². The maximum Gasteiger partial charge on any atom is 0.219 e. The average Bonchev–Trinajstić information content (AvgIpc) is 2.66. The van der Waals surface area contributed by atoms with Crippen LogP contribution in [0.15, 0.2) is 22.7 Å². The highest BCUT2D eigenvalue weighted by molar-refractivity contribution is 9.10. The van der Waals surface area contributed by atoms with Gasteiger partial charge in [0, 0.05) is 23.0 Å². The molecule has 0 radical (unpaired) electrons. The van der Waals surface area contributed by atoms with Crippen LogP contribution in [0, 0.1) is 0 Å². The Kier molecular flexibility index (Phi) is 10.4. The minimum Gasteiger partial charge on any atom is -0.398 e. The molecule has 1 aromatic rings. The number of aryl methyl sites for hydroxylation is 1. The van der Waals surface area contributed by atoms with Crippen LogP contribution in [0.1, 0.15) is 65.9 Å². The molecule has 0 spiro atoms. The summed E-state index contributed by atoms with van der Waals surface area (Å²) in [5.74, 6) is 0.145. The van der Waals surface area contributed by atoms with Crippen molar-refractivity contribution in [3.05, 3.63) is 28.2 Å². The molecule has 27 heavy (non-hydrogen) atoms. The molecule has 0 aromatic heterocycles. The molecule has 0 saturated carbocycles. The van der Waals surface area contributed by atoms with Crippen LogP contribution in [0.5, 0.6) is 0 Å². The first-order chi connectivity index (χ1) is 12.8. The number of nitrogens with two attached hydrogens (primary N) is 1. The number of carbonyl (C=O) groups is 1. The molecular weight excluding hydrogens is 402 g/mol. The van der Waals surface area contributed by atoms with Gasteiger partial charge in [0.1, 0.15) is 0 Å². The molecule has 5 heteroatoms. The van der Waals surface area contributed by atoms with Gasteiger partial charge in [0.25, 0.3) is 0 Å². The molecule has 0 saturated heterocycles. The molecule has 4 nitrogen and oxygen atoms in total. The van der Waals surface area contributed by atoms with Crippen molar-refractivity contribution in [3.8, 4) is 0 Å². The Bertz CT molecular complexity index is 593. The molecule has 0 fully saturated rings. The highest BCUT2D eigenvalue weighted by Crippen LogP contribution is 2.27. The minimum atomic E-state index is 0.145. The first-order valence-electron chi connectivity index (χ1n) is 10.5. The number of benzene rings is 1. The number of nitrogen functional groups attached to an aromatic ring is 1. The third kappa shape index (κ3) is 6.79. The first-order valence-corrected chi connectivity index (χ1v) is 11.3. The van der Waals surface area contributed by atoms with Gasteiger partial charge in [-0.3, -0.25) is 4.79 Å². The number of anilines is 1. The zero-order valence-electron chi connectivity index (χ0n) is 17.9. The maximum atomic E-state index is 11.7. The van der Waals surface area contributed by atoms with E-state index in [0.29, 0.717) is 18.5 Å². The average molecular weight is 441 g/mol. The fourth-order valence-electron chi connectivity index (χ4n) is 4.22. The van der Waals surface area contributed by atoms with Crippen molar-refractivity contribution in [1.29, 1.82) is 0 Å². The zero-order valence-corrected chi connectivity index (χ0v) is 19.4. The van der Waals surface area contributed by atoms with E-state index in [4.69, 9.17) is 5.73 Å². The molecule has 1 aromatic carbocycles. The second-order valence-corrected chi connectivity index (χ2v) is 8.58. The Morgan fingerprint density at radius 2 is 1.85 bits per heavy atom. The van der Waals surface area contributed by atoms with E-state index in [0.717, 1.165) is 47.1 Å². The van der Waals surface area contributed by atoms with E-state index in [1.54, 1.807) is 0 Å². The third-order valence-corrected chi connectivity index (χ3v) is 6.82. The second kappa shape index (κ2) is 11.7. The molecule has 1 rings (SSSR count). The van der Waals surface area contributed by atoms with Gasteiger partial charge in [0.2, 0.25) is 5.91 Å². The van der Waals surface area contributed by atoms with Gasteiger partial charge in [-0.25, -0.2) is 0 Å². The lowest BCUT2D eigenvalue weighted by Gasteiger charge is -2.48. The Hall–Kier alpha value is -1.07. The van der Waals surface area contributed by atoms with E-state index in [9.17, 15) is 4.79 Å². The lowest BCUT2D eigenvalue weighted by molar-refractivity contribution is -0.968. The van der Waals surface area contributed by atoms with Crippen LogP contribution in [0.25, 0.3) is 0 Å². The number of rotatable bonds is 12. The van der Waals surface area contributed by atoms with Crippen molar-refractivity contribution in [2.24, 2.45) is 0 Å². The van der Waals surface area contributed by atoms with Crippen molar-refractivity contribution in [1.82, 2.24) is 5.32 Å². The predicted octanol–water partition coefficient (Wildman–Crippen LogP) is 4.90. The van der Waals surface area contributed by atoms with Crippen LogP contribution in [-0.4, -0.2) is 42.1 Å². The summed E-state index contributed by atoms with van der Waals surface area (Å²) < 4.78 is 2.04. The highest BCUT2D eigenvalue weighted by atomic mass is 79.9. The van der Waals surface area contributed by atoms with E-state index in [1.807, 2.05) is 13.0 Å². The summed E-state index contributed by atoms with van der Waals surface area (Å²) in [6.07, 6.45) is 5.13. The second-order valence-electron chi connectivity index (χ2n) is 7.73. The normalized spacial score (nSPS) is 15.8. The molecule has 3 atom stereocenters. The summed E-state index contributed by atoms with van der Waals surface area (Å²) in [6.45, 7) is 14.1. The Morgan fingerprint density at radius 3 is 2.41 bits per heavy atom. The number of amides is 1. The van der Waals surface area contributed by atoms with Gasteiger partial charge >= 0.3 is 0 Å². The summed E-state index contributed by atoms with van der Waals surface area (Å²) >= 11 is 3.54. The van der Waals surface area contributed by atoms with Crippen molar-refractivity contribution >= 4 is 27.5 Å². The lowest BCUT2D eigenvalue weighted by atomic mass is 9.98. The minimum absolute atomic E-state index is 0.145. The largest absolute Gasteiger partial charge is 0.398 e. The number of nitrogens with one attached hydrogen (secondary N) is 1. The van der Waals surface area contributed by atoms with E-state index in [-0.39, 0.29) is 5.91 Å². The van der Waals surface area contributed by atoms with Crippen LogP contribution >= 0.6 is 15.9 Å². The van der Waals surface area contributed by atoms with Gasteiger partial charge in [-0.15, -0.1) is 0 Å². The van der Waals surface area contributed by atoms with Crippen molar-refractivity contribution in [2.45, 2.75) is 78.8 Å². The van der Waals surface area contributed by atoms with Gasteiger partial charge in [0.05, 0.1) is 31.7 Å². The fraction of sp³-hybridized carbons (Fsp3) is 0.682. The van der Waals surface area contributed by atoms with Crippen molar-refractivity contribution in [3.63, 3.8) is 0 Å². The number of halogens is 1. The molecule has 0 aliphatic rings. The zero-order chi connectivity index (χ0) is 20.4. The molecule has 0 aliphatic carbocycles. The number of quaternary nitrogens is 1. The van der Waals surface area contributed by atoms with Crippen LogP contribution < -0.4 is 11.1 Å². The number of nitrogens with zero attached hydrogens (tertiary/aromatic N) is 1. The van der Waals surface area contributed by atoms with Crippen molar-refractivity contribution < 1.29 is 9.28 Å². The molecule has 0 heterocycles. The van der Waals surface area contributed by atoms with Gasteiger partial charge in [0.15, 0.2) is 0 Å². The van der Waals surface area contributed by atoms with E-state index >= 15 is 0 Å². The summed E-state index contributed by atoms with van der Waals surface area (Å²) in [4.78, 5) is 11.7. The molecule has 0 aliphatic heterocycles. The molecule has 3 unspecified atom stereocenters.